The van der Waals surface area contributed by atoms with Gasteiger partial charge in [-0.25, -0.2) is 0 Å². The smallest absolute Gasteiger partial charge is 0.313 e. The zero-order chi connectivity index (χ0) is 34.8. The quantitative estimate of drug-likeness (QED) is 0.155. The molecule has 46 heavy (non-hydrogen) atoms. The molecule has 1 rings (SSSR count). The molecule has 0 saturated carbocycles. The number of nitriles is 4. The van der Waals surface area contributed by atoms with E-state index >= 15 is 0 Å². The van der Waals surface area contributed by atoms with Gasteiger partial charge >= 0.3 is 11.9 Å². The standard InChI is InChI=1S/C34H38N6O6/c1-7-31(41)39-9-11-45-33(43)29(13-21(3)4)27-15-26(24(19-37)20-38)28(16-25(27)23(17-35)18-36)30(14-22(5)6)34(44)46-12-10-40-32(42)8-2/h7-8,15-16,21-22,29-30H,1-2,9-14H2,3-6H3,(H,39,41)(H,40,42). The SMILES string of the molecule is C=CC(=O)NCCOC(=O)C(CC(C)C)c1cc(=C(C#N)C#N)c(C(CC(C)C)C(=O)OCCNC(=O)C=C)cc1=C(C#N)C#N. The topological polar surface area (TPSA) is 206 Å². The van der Waals surface area contributed by atoms with Gasteiger partial charge in [-0.3, -0.25) is 19.2 Å². The summed E-state index contributed by atoms with van der Waals surface area (Å²) < 4.78 is 10.9. The van der Waals surface area contributed by atoms with E-state index in [4.69, 9.17) is 9.47 Å². The molecule has 0 saturated heterocycles. The lowest BCUT2D eigenvalue weighted by Gasteiger charge is -2.23. The van der Waals surface area contributed by atoms with Crippen molar-refractivity contribution in [1.29, 1.82) is 21.0 Å². The van der Waals surface area contributed by atoms with Crippen molar-refractivity contribution in [3.05, 3.63) is 59.0 Å². The van der Waals surface area contributed by atoms with Crippen molar-refractivity contribution in [3.63, 3.8) is 0 Å². The van der Waals surface area contributed by atoms with E-state index in [9.17, 15) is 40.2 Å². The Labute approximate surface area is 268 Å². The highest BCUT2D eigenvalue weighted by Crippen LogP contribution is 2.27. The lowest BCUT2D eigenvalue weighted by atomic mass is 9.82. The molecule has 2 amide bonds. The molecule has 0 fully saturated rings. The molecule has 0 aliphatic heterocycles. The summed E-state index contributed by atoms with van der Waals surface area (Å²) in [6, 6.07) is 10.1. The van der Waals surface area contributed by atoms with Crippen LogP contribution in [0.4, 0.5) is 0 Å². The van der Waals surface area contributed by atoms with Gasteiger partial charge in [0.25, 0.3) is 0 Å². The number of rotatable bonds is 16. The number of hydrogen-bond acceptors (Lipinski definition) is 10. The van der Waals surface area contributed by atoms with Gasteiger partial charge in [0.1, 0.15) is 48.6 Å². The van der Waals surface area contributed by atoms with Crippen molar-refractivity contribution in [1.82, 2.24) is 10.6 Å². The molecule has 0 bridgehead atoms. The van der Waals surface area contributed by atoms with Crippen molar-refractivity contribution in [2.75, 3.05) is 26.3 Å². The molecule has 2 N–H and O–H groups in total. The summed E-state index contributed by atoms with van der Waals surface area (Å²) in [4.78, 5) is 49.9. The number of benzene rings is 1. The summed E-state index contributed by atoms with van der Waals surface area (Å²) in [5.41, 5.74) is -0.390. The van der Waals surface area contributed by atoms with Gasteiger partial charge in [0.2, 0.25) is 11.8 Å². The Balaban J connectivity index is 4.02. The van der Waals surface area contributed by atoms with Gasteiger partial charge in [0.15, 0.2) is 0 Å². The largest absolute Gasteiger partial charge is 0.463 e. The average Bonchev–Trinajstić information content (AvgIpc) is 3.03. The summed E-state index contributed by atoms with van der Waals surface area (Å²) in [7, 11) is 0. The number of ether oxygens (including phenoxy) is 2. The third kappa shape index (κ3) is 11.4. The summed E-state index contributed by atoms with van der Waals surface area (Å²) in [6.45, 7) is 13.8. The molecule has 0 aromatic heterocycles. The van der Waals surface area contributed by atoms with E-state index in [1.165, 1.54) is 12.1 Å². The molecule has 2 unspecified atom stereocenters. The molecule has 0 aliphatic rings. The van der Waals surface area contributed by atoms with Gasteiger partial charge in [-0.15, -0.1) is 0 Å². The number of nitrogens with zero attached hydrogens (tertiary/aromatic N) is 4. The second-order valence-electron chi connectivity index (χ2n) is 10.9. The van der Waals surface area contributed by atoms with Crippen LogP contribution in [0.3, 0.4) is 0 Å². The van der Waals surface area contributed by atoms with Gasteiger partial charge in [-0.2, -0.15) is 21.0 Å². The average molecular weight is 627 g/mol. The highest BCUT2D eigenvalue weighted by Gasteiger charge is 2.30. The van der Waals surface area contributed by atoms with E-state index < -0.39 is 35.6 Å². The van der Waals surface area contributed by atoms with Crippen molar-refractivity contribution < 1.29 is 28.7 Å². The van der Waals surface area contributed by atoms with Gasteiger partial charge in [-0.1, -0.05) is 40.9 Å². The van der Waals surface area contributed by atoms with Crippen LogP contribution in [0, 0.1) is 57.2 Å². The van der Waals surface area contributed by atoms with E-state index in [0.717, 1.165) is 12.2 Å². The van der Waals surface area contributed by atoms with Crippen molar-refractivity contribution >= 4 is 34.9 Å². The maximum Gasteiger partial charge on any atom is 0.313 e. The van der Waals surface area contributed by atoms with Gasteiger partial charge in [0, 0.05) is 10.4 Å². The lowest BCUT2D eigenvalue weighted by Crippen LogP contribution is -2.34. The number of nitrogens with one attached hydrogen (secondary N) is 2. The fraction of sp³-hybridized carbons (Fsp3) is 0.412. The maximum atomic E-state index is 13.5. The second kappa shape index (κ2) is 19.5. The number of esters is 2. The van der Waals surface area contributed by atoms with E-state index in [2.05, 4.69) is 23.8 Å². The molecule has 0 radical (unpaired) electrons. The Morgan fingerprint density at radius 3 is 1.28 bits per heavy atom. The Morgan fingerprint density at radius 1 is 0.696 bits per heavy atom. The van der Waals surface area contributed by atoms with Crippen LogP contribution < -0.4 is 21.1 Å². The molecule has 12 nitrogen and oxygen atoms in total. The third-order valence-corrected chi connectivity index (χ3v) is 6.60. The first-order chi connectivity index (χ1) is 21.9. The molecule has 0 spiro atoms. The minimum Gasteiger partial charge on any atom is -0.463 e. The maximum absolute atomic E-state index is 13.5. The predicted octanol–water partition coefficient (Wildman–Crippen LogP) is 2.03. The first-order valence-electron chi connectivity index (χ1n) is 14.5. The molecule has 0 aliphatic carbocycles. The molecular weight excluding hydrogens is 588 g/mol. The van der Waals surface area contributed by atoms with E-state index in [-0.39, 0.29) is 83.7 Å². The monoisotopic (exact) mass is 626 g/mol. The first kappa shape index (κ1) is 38.3. The second-order valence-corrected chi connectivity index (χ2v) is 10.9. The Bertz CT molecular complexity index is 1480. The molecular formula is C34H38N6O6. The van der Waals surface area contributed by atoms with Crippen LogP contribution in [-0.2, 0) is 28.7 Å². The summed E-state index contributed by atoms with van der Waals surface area (Å²) >= 11 is 0. The van der Waals surface area contributed by atoms with Gasteiger partial charge < -0.3 is 20.1 Å². The minimum absolute atomic E-state index is 0.00680. The fourth-order valence-electron chi connectivity index (χ4n) is 4.57. The van der Waals surface area contributed by atoms with E-state index in [0.29, 0.717) is 0 Å². The normalized spacial score (nSPS) is 11.3. The summed E-state index contributed by atoms with van der Waals surface area (Å²) in [5.74, 6) is -4.59. The van der Waals surface area contributed by atoms with Crippen LogP contribution in [-0.4, -0.2) is 50.1 Å². The van der Waals surface area contributed by atoms with Crippen molar-refractivity contribution in [3.8, 4) is 24.3 Å². The number of amides is 2. The van der Waals surface area contributed by atoms with Crippen LogP contribution in [0.15, 0.2) is 37.4 Å². The Kier molecular flexibility index (Phi) is 16.3. The van der Waals surface area contributed by atoms with Crippen LogP contribution in [0.2, 0.25) is 0 Å². The fourth-order valence-corrected chi connectivity index (χ4v) is 4.57. The number of carbonyl (C=O) groups excluding carboxylic acids is 4. The van der Waals surface area contributed by atoms with Gasteiger partial charge in [0.05, 0.1) is 24.9 Å². The molecule has 0 heterocycles. The van der Waals surface area contributed by atoms with Crippen LogP contribution in [0.1, 0.15) is 63.5 Å². The van der Waals surface area contributed by atoms with Crippen molar-refractivity contribution in [2.45, 2.75) is 52.4 Å². The van der Waals surface area contributed by atoms with E-state index in [1.807, 2.05) is 52.0 Å². The minimum atomic E-state index is -1.04. The third-order valence-electron chi connectivity index (χ3n) is 6.60. The highest BCUT2D eigenvalue weighted by atomic mass is 16.5. The van der Waals surface area contributed by atoms with Crippen LogP contribution >= 0.6 is 0 Å². The van der Waals surface area contributed by atoms with Crippen LogP contribution in [0.25, 0.3) is 11.1 Å². The number of carbonyl (C=O) groups is 4. The molecule has 2 atom stereocenters. The predicted molar refractivity (Wildman–Crippen MR) is 168 cm³/mol. The number of hydrogen-bond donors (Lipinski definition) is 2. The zero-order valence-corrected chi connectivity index (χ0v) is 26.5. The molecule has 12 heteroatoms. The highest BCUT2D eigenvalue weighted by molar-refractivity contribution is 5.87. The van der Waals surface area contributed by atoms with Gasteiger partial charge in [-0.05, 0) is 60.1 Å². The van der Waals surface area contributed by atoms with E-state index in [1.54, 1.807) is 0 Å². The Morgan fingerprint density at radius 2 is 1.02 bits per heavy atom. The lowest BCUT2D eigenvalue weighted by molar-refractivity contribution is -0.147. The van der Waals surface area contributed by atoms with Crippen molar-refractivity contribution in [2.24, 2.45) is 11.8 Å². The van der Waals surface area contributed by atoms with Crippen LogP contribution in [0.5, 0.6) is 0 Å². The first-order valence-corrected chi connectivity index (χ1v) is 14.5. The Hall–Kier alpha value is -5.72. The summed E-state index contributed by atoms with van der Waals surface area (Å²) in [5, 5.41) is 44.7. The molecule has 1 aromatic carbocycles. The molecule has 240 valence electrons. The molecule has 1 aromatic rings. The summed E-state index contributed by atoms with van der Waals surface area (Å²) in [6.07, 6.45) is 2.55. The zero-order valence-electron chi connectivity index (χ0n) is 26.5.